The molecule has 2 aromatic heterocycles. The van der Waals surface area contributed by atoms with Gasteiger partial charge in [0.05, 0.1) is 11.1 Å². The Morgan fingerprint density at radius 1 is 1.16 bits per heavy atom. The predicted octanol–water partition coefficient (Wildman–Crippen LogP) is 3.79. The van der Waals surface area contributed by atoms with Crippen molar-refractivity contribution in [3.63, 3.8) is 0 Å². The molecule has 1 fully saturated rings. The number of aromatic nitrogens is 2. The number of nitrogens with one attached hydrogen (secondary N) is 1. The molecule has 1 unspecified atom stereocenters. The fourth-order valence-electron chi connectivity index (χ4n) is 3.53. The van der Waals surface area contributed by atoms with Crippen molar-refractivity contribution >= 4 is 22.7 Å². The molecule has 1 atom stereocenters. The van der Waals surface area contributed by atoms with Gasteiger partial charge in [0.15, 0.2) is 0 Å². The topological polar surface area (TPSA) is 84.4 Å². The number of halogens is 3. The van der Waals surface area contributed by atoms with Gasteiger partial charge < -0.3 is 15.0 Å². The van der Waals surface area contributed by atoms with Crippen LogP contribution < -0.4 is 10.1 Å². The van der Waals surface area contributed by atoms with Crippen LogP contribution in [0, 0.1) is 0 Å². The molecule has 0 bridgehead atoms. The van der Waals surface area contributed by atoms with Gasteiger partial charge in [0.1, 0.15) is 11.4 Å². The average molecular weight is 444 g/mol. The van der Waals surface area contributed by atoms with Crippen LogP contribution in [0.25, 0.3) is 10.9 Å². The van der Waals surface area contributed by atoms with Crippen LogP contribution in [0.3, 0.4) is 0 Å². The summed E-state index contributed by atoms with van der Waals surface area (Å²) in [6.07, 6.45) is -3.06. The van der Waals surface area contributed by atoms with E-state index in [4.69, 9.17) is 4.74 Å². The third-order valence-corrected chi connectivity index (χ3v) is 5.05. The van der Waals surface area contributed by atoms with E-state index in [1.807, 2.05) is 0 Å². The number of amides is 2. The summed E-state index contributed by atoms with van der Waals surface area (Å²) in [4.78, 5) is 33.7. The van der Waals surface area contributed by atoms with Gasteiger partial charge in [0.2, 0.25) is 11.8 Å². The molecule has 1 aliphatic heterocycles. The van der Waals surface area contributed by atoms with Crippen LogP contribution in [0.4, 0.5) is 13.2 Å². The molecule has 1 saturated heterocycles. The fourth-order valence-corrected chi connectivity index (χ4v) is 3.53. The molecule has 4 rings (SSSR count). The zero-order valence-electron chi connectivity index (χ0n) is 17.0. The number of rotatable bonds is 4. The maximum atomic E-state index is 12.8. The molecule has 2 amide bonds. The smallest absolute Gasteiger partial charge is 0.417 e. The Bertz CT molecular complexity index is 1170. The largest absolute Gasteiger partial charge is 0.439 e. The van der Waals surface area contributed by atoms with Crippen LogP contribution in [0.2, 0.25) is 0 Å². The summed E-state index contributed by atoms with van der Waals surface area (Å²) in [5.74, 6) is 0.0647. The molecule has 7 nitrogen and oxygen atoms in total. The molecule has 0 saturated carbocycles. The molecule has 10 heteroatoms. The monoisotopic (exact) mass is 444 g/mol. The number of benzene rings is 1. The molecule has 32 heavy (non-hydrogen) atoms. The lowest BCUT2D eigenvalue weighted by molar-refractivity contribution is -0.137. The molecule has 1 aliphatic rings. The van der Waals surface area contributed by atoms with Gasteiger partial charge in [0.25, 0.3) is 5.91 Å². The number of carbonyl (C=O) groups excluding carboxylic acids is 2. The SMILES string of the molecule is CC(=O)NC1CCN(C(=O)c2ccc3cc(Oc4ccc(C(F)(F)F)cn4)ccc3n2)C1. The van der Waals surface area contributed by atoms with Crippen molar-refractivity contribution in [3.05, 3.63) is 59.9 Å². The Hall–Kier alpha value is -3.69. The molecule has 0 radical (unpaired) electrons. The summed E-state index contributed by atoms with van der Waals surface area (Å²) in [5.41, 5.74) is 0.00592. The molecule has 1 N–H and O–H groups in total. The lowest BCUT2D eigenvalue weighted by Crippen LogP contribution is -2.37. The Morgan fingerprint density at radius 2 is 1.97 bits per heavy atom. The first kappa shape index (κ1) is 21.5. The Morgan fingerprint density at radius 3 is 2.66 bits per heavy atom. The first-order valence-corrected chi connectivity index (χ1v) is 9.87. The van der Waals surface area contributed by atoms with E-state index in [1.54, 1.807) is 35.2 Å². The van der Waals surface area contributed by atoms with Crippen molar-refractivity contribution in [1.82, 2.24) is 20.2 Å². The number of hydrogen-bond donors (Lipinski definition) is 1. The van der Waals surface area contributed by atoms with Crippen LogP contribution in [-0.4, -0.2) is 45.8 Å². The van der Waals surface area contributed by atoms with Gasteiger partial charge in [-0.1, -0.05) is 6.07 Å². The highest BCUT2D eigenvalue weighted by atomic mass is 19.4. The van der Waals surface area contributed by atoms with Gasteiger partial charge in [-0.25, -0.2) is 9.97 Å². The van der Waals surface area contributed by atoms with Crippen molar-refractivity contribution in [3.8, 4) is 11.6 Å². The van der Waals surface area contributed by atoms with Crippen LogP contribution in [0.1, 0.15) is 29.4 Å². The van der Waals surface area contributed by atoms with Crippen molar-refractivity contribution in [2.24, 2.45) is 0 Å². The van der Waals surface area contributed by atoms with Gasteiger partial charge in [-0.2, -0.15) is 13.2 Å². The number of fused-ring (bicyclic) bond motifs is 1. The Balaban J connectivity index is 1.46. The highest BCUT2D eigenvalue weighted by Crippen LogP contribution is 2.30. The molecule has 0 spiro atoms. The molecule has 0 aliphatic carbocycles. The number of carbonyl (C=O) groups is 2. The van der Waals surface area contributed by atoms with Gasteiger partial charge in [-0.05, 0) is 36.8 Å². The van der Waals surface area contributed by atoms with Crippen LogP contribution >= 0.6 is 0 Å². The number of likely N-dealkylation sites (tertiary alicyclic amines) is 1. The second-order valence-electron chi connectivity index (χ2n) is 7.47. The van der Waals surface area contributed by atoms with E-state index in [1.165, 1.54) is 6.92 Å². The van der Waals surface area contributed by atoms with E-state index in [2.05, 4.69) is 15.3 Å². The van der Waals surface area contributed by atoms with Crippen molar-refractivity contribution in [1.29, 1.82) is 0 Å². The zero-order valence-corrected chi connectivity index (χ0v) is 17.0. The molecular weight excluding hydrogens is 425 g/mol. The summed E-state index contributed by atoms with van der Waals surface area (Å²) >= 11 is 0. The fraction of sp³-hybridized carbons (Fsp3) is 0.273. The number of pyridine rings is 2. The van der Waals surface area contributed by atoms with Crippen molar-refractivity contribution in [2.45, 2.75) is 25.6 Å². The molecule has 3 heterocycles. The Labute approximate surface area is 181 Å². The van der Waals surface area contributed by atoms with Gasteiger partial charge in [0, 0.05) is 43.7 Å². The summed E-state index contributed by atoms with van der Waals surface area (Å²) < 4.78 is 43.5. The molecule has 166 valence electrons. The lowest BCUT2D eigenvalue weighted by atomic mass is 10.2. The Kier molecular flexibility index (Phi) is 5.68. The van der Waals surface area contributed by atoms with Crippen molar-refractivity contribution < 1.29 is 27.5 Å². The minimum absolute atomic E-state index is 0.0277. The number of ether oxygens (including phenoxy) is 1. The van der Waals surface area contributed by atoms with Crippen LogP contribution in [-0.2, 0) is 11.0 Å². The number of hydrogen-bond acceptors (Lipinski definition) is 5. The summed E-state index contributed by atoms with van der Waals surface area (Å²) in [6.45, 7) is 2.42. The van der Waals surface area contributed by atoms with E-state index < -0.39 is 11.7 Å². The highest BCUT2D eigenvalue weighted by molar-refractivity contribution is 5.95. The second kappa shape index (κ2) is 8.45. The minimum atomic E-state index is -4.46. The maximum Gasteiger partial charge on any atom is 0.417 e. The minimum Gasteiger partial charge on any atom is -0.439 e. The first-order valence-electron chi connectivity index (χ1n) is 9.87. The van der Waals surface area contributed by atoms with Gasteiger partial charge >= 0.3 is 6.18 Å². The number of alkyl halides is 3. The van der Waals surface area contributed by atoms with E-state index in [-0.39, 0.29) is 23.7 Å². The molecule has 1 aromatic carbocycles. The quantitative estimate of drug-likeness (QED) is 0.662. The third-order valence-electron chi connectivity index (χ3n) is 5.05. The summed E-state index contributed by atoms with van der Waals surface area (Å²) in [6, 6.07) is 10.3. The predicted molar refractivity (Wildman–Crippen MR) is 109 cm³/mol. The summed E-state index contributed by atoms with van der Waals surface area (Å²) in [5, 5.41) is 3.51. The van der Waals surface area contributed by atoms with E-state index in [9.17, 15) is 22.8 Å². The summed E-state index contributed by atoms with van der Waals surface area (Å²) in [7, 11) is 0. The van der Waals surface area contributed by atoms with Crippen LogP contribution in [0.15, 0.2) is 48.7 Å². The van der Waals surface area contributed by atoms with E-state index in [0.29, 0.717) is 48.1 Å². The number of nitrogens with zero attached hydrogens (tertiary/aromatic N) is 3. The van der Waals surface area contributed by atoms with Crippen molar-refractivity contribution in [2.75, 3.05) is 13.1 Å². The van der Waals surface area contributed by atoms with Gasteiger partial charge in [-0.3, -0.25) is 9.59 Å². The normalized spacial score (nSPS) is 16.2. The van der Waals surface area contributed by atoms with Gasteiger partial charge in [-0.15, -0.1) is 0 Å². The molecular formula is C22H19F3N4O3. The maximum absolute atomic E-state index is 12.8. The lowest BCUT2D eigenvalue weighted by Gasteiger charge is -2.16. The molecule has 3 aromatic rings. The second-order valence-corrected chi connectivity index (χ2v) is 7.47. The highest BCUT2D eigenvalue weighted by Gasteiger charge is 2.31. The average Bonchev–Trinajstić information content (AvgIpc) is 3.20. The zero-order chi connectivity index (χ0) is 22.9. The first-order chi connectivity index (χ1) is 15.2. The van der Waals surface area contributed by atoms with E-state index >= 15 is 0 Å². The van der Waals surface area contributed by atoms with E-state index in [0.717, 1.165) is 12.1 Å². The standard InChI is InChI=1S/C22H19F3N4O3/c1-13(30)27-16-8-9-29(12-16)21(31)19-5-2-14-10-17(4-6-18(14)28-19)32-20-7-3-15(11-26-20)22(23,24)25/h2-7,10-11,16H,8-9,12H2,1H3,(H,27,30). The third kappa shape index (κ3) is 4.79. The van der Waals surface area contributed by atoms with Crippen LogP contribution in [0.5, 0.6) is 11.6 Å².